The molecule has 3 heteroatoms. The van der Waals surface area contributed by atoms with Gasteiger partial charge >= 0.3 is 0 Å². The second-order valence-electron chi connectivity index (χ2n) is 5.44. The fourth-order valence-electron chi connectivity index (χ4n) is 2.71. The van der Waals surface area contributed by atoms with Crippen LogP contribution in [-0.4, -0.2) is 20.2 Å². The Labute approximate surface area is 126 Å². The lowest BCUT2D eigenvalue weighted by Gasteiger charge is -2.17. The monoisotopic (exact) mass is 282 g/mol. The first-order chi connectivity index (χ1) is 10.3. The molecule has 3 rings (SSSR count). The Morgan fingerprint density at radius 3 is 2.24 bits per heavy atom. The zero-order valence-corrected chi connectivity index (χ0v) is 12.5. The van der Waals surface area contributed by atoms with Crippen molar-refractivity contribution in [3.8, 4) is 5.75 Å². The van der Waals surface area contributed by atoms with Crippen LogP contribution in [-0.2, 0) is 6.54 Å². The summed E-state index contributed by atoms with van der Waals surface area (Å²) in [5.41, 5.74) is 3.76. The van der Waals surface area contributed by atoms with Crippen molar-refractivity contribution in [2.75, 3.05) is 30.4 Å². The van der Waals surface area contributed by atoms with Crippen LogP contribution in [0.2, 0.25) is 0 Å². The average molecular weight is 282 g/mol. The molecule has 1 N–H and O–H groups in total. The van der Waals surface area contributed by atoms with Gasteiger partial charge in [-0.25, -0.2) is 0 Å². The first kappa shape index (κ1) is 13.8. The van der Waals surface area contributed by atoms with Gasteiger partial charge in [0.2, 0.25) is 0 Å². The SMILES string of the molecule is COc1ccc(NCc2ccc(N3CCCC3)cc2)cc1. The van der Waals surface area contributed by atoms with Gasteiger partial charge in [-0.15, -0.1) is 0 Å². The number of hydrogen-bond donors (Lipinski definition) is 1. The van der Waals surface area contributed by atoms with Crippen molar-refractivity contribution in [1.29, 1.82) is 0 Å². The molecule has 0 bridgehead atoms. The normalized spacial score (nSPS) is 14.2. The van der Waals surface area contributed by atoms with Crippen LogP contribution in [0.4, 0.5) is 11.4 Å². The summed E-state index contributed by atoms with van der Waals surface area (Å²) in [6, 6.07) is 16.9. The highest BCUT2D eigenvalue weighted by atomic mass is 16.5. The lowest BCUT2D eigenvalue weighted by Crippen LogP contribution is -2.17. The lowest BCUT2D eigenvalue weighted by molar-refractivity contribution is 0.415. The molecule has 0 aromatic heterocycles. The molecule has 0 unspecified atom stereocenters. The van der Waals surface area contributed by atoms with Gasteiger partial charge in [-0.05, 0) is 54.8 Å². The summed E-state index contributed by atoms with van der Waals surface area (Å²) in [4.78, 5) is 2.46. The molecule has 3 nitrogen and oxygen atoms in total. The number of nitrogens with zero attached hydrogens (tertiary/aromatic N) is 1. The molecule has 1 saturated heterocycles. The standard InChI is InChI=1S/C18H22N2O/c1-21-18-10-6-16(7-11-18)19-14-15-4-8-17(9-5-15)20-12-2-3-13-20/h4-11,19H,2-3,12-14H2,1H3. The minimum atomic E-state index is 0.840. The van der Waals surface area contributed by atoms with Gasteiger partial charge in [-0.2, -0.15) is 0 Å². The quantitative estimate of drug-likeness (QED) is 0.900. The Bertz CT molecular complexity index is 557. The van der Waals surface area contributed by atoms with Crippen molar-refractivity contribution < 1.29 is 4.74 Å². The maximum Gasteiger partial charge on any atom is 0.119 e. The van der Waals surface area contributed by atoms with E-state index in [-0.39, 0.29) is 0 Å². The maximum atomic E-state index is 5.16. The molecular weight excluding hydrogens is 260 g/mol. The molecule has 0 saturated carbocycles. The lowest BCUT2D eigenvalue weighted by atomic mass is 10.2. The fourth-order valence-corrected chi connectivity index (χ4v) is 2.71. The Morgan fingerprint density at radius 2 is 1.62 bits per heavy atom. The van der Waals surface area contributed by atoms with E-state index in [1.807, 2.05) is 24.3 Å². The minimum Gasteiger partial charge on any atom is -0.497 e. The first-order valence-corrected chi connectivity index (χ1v) is 7.57. The number of ether oxygens (including phenoxy) is 1. The van der Waals surface area contributed by atoms with E-state index in [1.165, 1.54) is 37.2 Å². The molecule has 1 fully saturated rings. The van der Waals surface area contributed by atoms with Crippen LogP contribution < -0.4 is 15.0 Å². The summed E-state index contributed by atoms with van der Waals surface area (Å²) < 4.78 is 5.16. The third kappa shape index (κ3) is 3.48. The topological polar surface area (TPSA) is 24.5 Å². The summed E-state index contributed by atoms with van der Waals surface area (Å²) in [5, 5.41) is 3.43. The zero-order valence-electron chi connectivity index (χ0n) is 12.5. The number of hydrogen-bond acceptors (Lipinski definition) is 3. The third-order valence-electron chi connectivity index (χ3n) is 3.99. The summed E-state index contributed by atoms with van der Waals surface area (Å²) in [7, 11) is 1.68. The van der Waals surface area contributed by atoms with Gasteiger partial charge in [0, 0.05) is 31.0 Å². The second-order valence-corrected chi connectivity index (χ2v) is 5.44. The molecule has 1 aliphatic heterocycles. The van der Waals surface area contributed by atoms with Crippen LogP contribution in [0.1, 0.15) is 18.4 Å². The van der Waals surface area contributed by atoms with E-state index in [1.54, 1.807) is 7.11 Å². The van der Waals surface area contributed by atoms with Crippen LogP contribution in [0.25, 0.3) is 0 Å². The predicted octanol–water partition coefficient (Wildman–Crippen LogP) is 3.91. The minimum absolute atomic E-state index is 0.840. The van der Waals surface area contributed by atoms with Gasteiger partial charge in [-0.3, -0.25) is 0 Å². The van der Waals surface area contributed by atoms with E-state index in [0.717, 1.165) is 18.0 Å². The van der Waals surface area contributed by atoms with Crippen molar-refractivity contribution in [3.63, 3.8) is 0 Å². The molecule has 0 spiro atoms. The van der Waals surface area contributed by atoms with Gasteiger partial charge in [-0.1, -0.05) is 12.1 Å². The van der Waals surface area contributed by atoms with E-state index < -0.39 is 0 Å². The third-order valence-corrected chi connectivity index (χ3v) is 3.99. The fraction of sp³-hybridized carbons (Fsp3) is 0.333. The molecule has 2 aromatic carbocycles. The van der Waals surface area contributed by atoms with Gasteiger partial charge in [0.1, 0.15) is 5.75 Å². The molecule has 0 radical (unpaired) electrons. The summed E-state index contributed by atoms with van der Waals surface area (Å²) in [6.07, 6.45) is 2.64. The van der Waals surface area contributed by atoms with E-state index in [4.69, 9.17) is 4.74 Å². The Kier molecular flexibility index (Phi) is 4.29. The van der Waals surface area contributed by atoms with Crippen molar-refractivity contribution in [3.05, 3.63) is 54.1 Å². The highest BCUT2D eigenvalue weighted by molar-refractivity contribution is 5.50. The molecular formula is C18H22N2O. The van der Waals surface area contributed by atoms with E-state index in [0.29, 0.717) is 0 Å². The molecule has 110 valence electrons. The number of rotatable bonds is 5. The molecule has 21 heavy (non-hydrogen) atoms. The molecule has 2 aromatic rings. The first-order valence-electron chi connectivity index (χ1n) is 7.57. The smallest absolute Gasteiger partial charge is 0.119 e. The van der Waals surface area contributed by atoms with Crippen LogP contribution in [0.5, 0.6) is 5.75 Å². The van der Waals surface area contributed by atoms with Gasteiger partial charge in [0.25, 0.3) is 0 Å². The van der Waals surface area contributed by atoms with Gasteiger partial charge in [0.15, 0.2) is 0 Å². The largest absolute Gasteiger partial charge is 0.497 e. The van der Waals surface area contributed by atoms with Gasteiger partial charge < -0.3 is 15.0 Å². The second kappa shape index (κ2) is 6.53. The van der Waals surface area contributed by atoms with Crippen LogP contribution in [0.3, 0.4) is 0 Å². The number of benzene rings is 2. The summed E-state index contributed by atoms with van der Waals surface area (Å²) >= 11 is 0. The number of anilines is 2. The molecule has 1 aliphatic rings. The van der Waals surface area contributed by atoms with Crippen LogP contribution in [0.15, 0.2) is 48.5 Å². The van der Waals surface area contributed by atoms with E-state index >= 15 is 0 Å². The predicted molar refractivity (Wildman–Crippen MR) is 88.2 cm³/mol. The molecule has 0 atom stereocenters. The zero-order chi connectivity index (χ0) is 14.5. The Morgan fingerprint density at radius 1 is 0.952 bits per heavy atom. The molecule has 0 amide bonds. The molecule has 1 heterocycles. The maximum absolute atomic E-state index is 5.16. The van der Waals surface area contributed by atoms with Crippen LogP contribution >= 0.6 is 0 Å². The van der Waals surface area contributed by atoms with Crippen LogP contribution in [0, 0.1) is 0 Å². The van der Waals surface area contributed by atoms with E-state index in [9.17, 15) is 0 Å². The van der Waals surface area contributed by atoms with Gasteiger partial charge in [0.05, 0.1) is 7.11 Å². The Hall–Kier alpha value is -2.16. The van der Waals surface area contributed by atoms with E-state index in [2.05, 4.69) is 34.5 Å². The number of methoxy groups -OCH3 is 1. The highest BCUT2D eigenvalue weighted by Gasteiger charge is 2.11. The Balaban J connectivity index is 1.57. The van der Waals surface area contributed by atoms with Crippen molar-refractivity contribution in [2.45, 2.75) is 19.4 Å². The highest BCUT2D eigenvalue weighted by Crippen LogP contribution is 2.21. The summed E-state index contributed by atoms with van der Waals surface area (Å²) in [5.74, 6) is 0.885. The average Bonchev–Trinajstić information content (AvgIpc) is 3.08. The van der Waals surface area contributed by atoms with Crippen molar-refractivity contribution in [2.24, 2.45) is 0 Å². The van der Waals surface area contributed by atoms with Crippen molar-refractivity contribution in [1.82, 2.24) is 0 Å². The number of nitrogens with one attached hydrogen (secondary N) is 1. The molecule has 0 aliphatic carbocycles. The summed E-state index contributed by atoms with van der Waals surface area (Å²) in [6.45, 7) is 3.24. The van der Waals surface area contributed by atoms with Crippen molar-refractivity contribution >= 4 is 11.4 Å².